The van der Waals surface area contributed by atoms with E-state index in [1.165, 1.54) is 5.56 Å². The molecule has 144 valence electrons. The average Bonchev–Trinajstić information content (AvgIpc) is 3.37. The van der Waals surface area contributed by atoms with Gasteiger partial charge >= 0.3 is 5.76 Å². The van der Waals surface area contributed by atoms with Crippen LogP contribution in [-0.4, -0.2) is 39.8 Å². The van der Waals surface area contributed by atoms with Crippen LogP contribution in [0, 0.1) is 0 Å². The summed E-state index contributed by atoms with van der Waals surface area (Å²) in [6.07, 6.45) is 4.15. The maximum atomic E-state index is 11.1. The SMILES string of the molecule is O=c1[nH]nc(-c2ccc(CN3CCC[C@H]3c3cnc4c(c3)OCCO4)cc2)o1. The number of nitrogens with zero attached hydrogens (tertiary/aromatic N) is 3. The number of benzene rings is 1. The number of rotatable bonds is 4. The summed E-state index contributed by atoms with van der Waals surface area (Å²) in [6.45, 7) is 2.99. The molecule has 1 aromatic carbocycles. The van der Waals surface area contributed by atoms with Crippen LogP contribution < -0.4 is 15.2 Å². The Morgan fingerprint density at radius 1 is 1.18 bits per heavy atom. The van der Waals surface area contributed by atoms with Crippen LogP contribution in [0.3, 0.4) is 0 Å². The highest BCUT2D eigenvalue weighted by Crippen LogP contribution is 2.37. The standard InChI is InChI=1S/C20H20N4O4/c25-20-23-22-18(28-20)14-5-3-13(4-6-14)12-24-7-1-2-16(24)15-10-17-19(21-11-15)27-9-8-26-17/h3-6,10-11,16H,1-2,7-9,12H2,(H,23,25)/t16-/m0/s1. The molecule has 0 spiro atoms. The van der Waals surface area contributed by atoms with Gasteiger partial charge in [0.05, 0.1) is 0 Å². The van der Waals surface area contributed by atoms with Crippen LogP contribution >= 0.6 is 0 Å². The fraction of sp³-hybridized carbons (Fsp3) is 0.350. The molecule has 4 heterocycles. The van der Waals surface area contributed by atoms with Gasteiger partial charge in [0.2, 0.25) is 5.89 Å². The van der Waals surface area contributed by atoms with Crippen LogP contribution in [0.15, 0.2) is 45.7 Å². The predicted molar refractivity (Wildman–Crippen MR) is 100 cm³/mol. The van der Waals surface area contributed by atoms with Crippen molar-refractivity contribution in [3.05, 3.63) is 58.2 Å². The lowest BCUT2D eigenvalue weighted by Gasteiger charge is -2.26. The molecule has 8 heteroatoms. The third-order valence-electron chi connectivity index (χ3n) is 5.19. The molecule has 2 aliphatic heterocycles. The molecule has 0 unspecified atom stereocenters. The van der Waals surface area contributed by atoms with E-state index in [0.29, 0.717) is 31.0 Å². The van der Waals surface area contributed by atoms with E-state index in [1.54, 1.807) is 0 Å². The fourth-order valence-electron chi connectivity index (χ4n) is 3.86. The summed E-state index contributed by atoms with van der Waals surface area (Å²) in [5, 5.41) is 6.14. The monoisotopic (exact) mass is 380 g/mol. The molecular formula is C20H20N4O4. The van der Waals surface area contributed by atoms with Gasteiger partial charge in [-0.15, -0.1) is 5.10 Å². The quantitative estimate of drug-likeness (QED) is 0.743. The molecule has 8 nitrogen and oxygen atoms in total. The van der Waals surface area contributed by atoms with Gasteiger partial charge < -0.3 is 13.9 Å². The number of nitrogens with one attached hydrogen (secondary N) is 1. The zero-order valence-electron chi connectivity index (χ0n) is 15.3. The highest BCUT2D eigenvalue weighted by atomic mass is 16.6. The molecule has 3 aromatic rings. The third-order valence-corrected chi connectivity index (χ3v) is 5.19. The summed E-state index contributed by atoms with van der Waals surface area (Å²) in [7, 11) is 0. The lowest BCUT2D eigenvalue weighted by molar-refractivity contribution is 0.163. The minimum absolute atomic E-state index is 0.304. The average molecular weight is 380 g/mol. The first kappa shape index (κ1) is 17.0. The van der Waals surface area contributed by atoms with Crippen LogP contribution in [-0.2, 0) is 6.54 Å². The van der Waals surface area contributed by atoms with Gasteiger partial charge in [-0.1, -0.05) is 12.1 Å². The van der Waals surface area contributed by atoms with Crippen molar-refractivity contribution in [1.29, 1.82) is 0 Å². The van der Waals surface area contributed by atoms with E-state index in [9.17, 15) is 4.79 Å². The first-order valence-corrected chi connectivity index (χ1v) is 9.41. The third kappa shape index (κ3) is 3.27. The van der Waals surface area contributed by atoms with Crippen molar-refractivity contribution >= 4 is 0 Å². The number of aromatic amines is 1. The Hall–Kier alpha value is -3.13. The summed E-state index contributed by atoms with van der Waals surface area (Å²) in [6, 6.07) is 10.3. The van der Waals surface area contributed by atoms with E-state index >= 15 is 0 Å². The van der Waals surface area contributed by atoms with E-state index in [-0.39, 0.29) is 0 Å². The van der Waals surface area contributed by atoms with E-state index in [0.717, 1.165) is 42.8 Å². The van der Waals surface area contributed by atoms with Gasteiger partial charge in [-0.3, -0.25) is 4.90 Å². The second-order valence-corrected chi connectivity index (χ2v) is 7.01. The molecule has 2 aliphatic rings. The fourth-order valence-corrected chi connectivity index (χ4v) is 3.86. The number of pyridine rings is 1. The van der Waals surface area contributed by atoms with Gasteiger partial charge in [-0.05, 0) is 48.7 Å². The predicted octanol–water partition coefficient (Wildman–Crippen LogP) is 2.53. The summed E-state index contributed by atoms with van der Waals surface area (Å²) in [5.41, 5.74) is 3.13. The molecule has 1 fully saturated rings. The Morgan fingerprint density at radius 2 is 2.04 bits per heavy atom. The van der Waals surface area contributed by atoms with E-state index in [4.69, 9.17) is 13.9 Å². The second-order valence-electron chi connectivity index (χ2n) is 7.01. The number of aromatic nitrogens is 3. The molecule has 0 bridgehead atoms. The van der Waals surface area contributed by atoms with Crippen LogP contribution in [0.5, 0.6) is 11.6 Å². The van der Waals surface area contributed by atoms with E-state index in [1.807, 2.05) is 30.5 Å². The zero-order chi connectivity index (χ0) is 18.9. The Balaban J connectivity index is 1.32. The Labute approximate surface area is 161 Å². The van der Waals surface area contributed by atoms with Crippen LogP contribution in [0.25, 0.3) is 11.5 Å². The first-order valence-electron chi connectivity index (χ1n) is 9.41. The van der Waals surface area contributed by atoms with Gasteiger partial charge in [-0.2, -0.15) is 0 Å². The lowest BCUT2D eigenvalue weighted by Crippen LogP contribution is -2.23. The summed E-state index contributed by atoms with van der Waals surface area (Å²) < 4.78 is 16.2. The van der Waals surface area contributed by atoms with Crippen molar-refractivity contribution in [3.63, 3.8) is 0 Å². The molecule has 0 radical (unpaired) electrons. The number of hydrogen-bond donors (Lipinski definition) is 1. The maximum absolute atomic E-state index is 11.1. The highest BCUT2D eigenvalue weighted by molar-refractivity contribution is 5.52. The Kier molecular flexibility index (Phi) is 4.32. The van der Waals surface area contributed by atoms with Crippen LogP contribution in [0.4, 0.5) is 0 Å². The van der Waals surface area contributed by atoms with Gasteiger partial charge in [0.1, 0.15) is 13.2 Å². The van der Waals surface area contributed by atoms with E-state index < -0.39 is 5.76 Å². The molecule has 5 rings (SSSR count). The molecule has 28 heavy (non-hydrogen) atoms. The van der Waals surface area contributed by atoms with Gasteiger partial charge in [0.15, 0.2) is 5.75 Å². The lowest BCUT2D eigenvalue weighted by atomic mass is 10.1. The minimum atomic E-state index is -0.549. The number of likely N-dealkylation sites (tertiary alicyclic amines) is 1. The first-order chi connectivity index (χ1) is 13.8. The molecular weight excluding hydrogens is 360 g/mol. The summed E-state index contributed by atoms with van der Waals surface area (Å²) in [5.74, 6) is 1.07. The molecule has 1 atom stereocenters. The molecule has 0 saturated carbocycles. The molecule has 1 N–H and O–H groups in total. The Bertz CT molecular complexity index is 1030. The van der Waals surface area contributed by atoms with Crippen LogP contribution in [0.1, 0.15) is 30.0 Å². The highest BCUT2D eigenvalue weighted by Gasteiger charge is 2.28. The smallest absolute Gasteiger partial charge is 0.434 e. The summed E-state index contributed by atoms with van der Waals surface area (Å²) in [4.78, 5) is 18.0. The van der Waals surface area contributed by atoms with Gasteiger partial charge in [0, 0.05) is 24.3 Å². The number of fused-ring (bicyclic) bond motifs is 1. The minimum Gasteiger partial charge on any atom is -0.484 e. The normalized spacial score (nSPS) is 19.1. The van der Waals surface area contributed by atoms with Crippen molar-refractivity contribution in [2.45, 2.75) is 25.4 Å². The zero-order valence-corrected chi connectivity index (χ0v) is 15.3. The van der Waals surface area contributed by atoms with E-state index in [2.05, 4.69) is 26.1 Å². The van der Waals surface area contributed by atoms with Crippen molar-refractivity contribution in [2.75, 3.05) is 19.8 Å². The topological polar surface area (TPSA) is 93.5 Å². The Morgan fingerprint density at radius 3 is 2.86 bits per heavy atom. The van der Waals surface area contributed by atoms with Gasteiger partial charge in [0.25, 0.3) is 5.88 Å². The molecule has 2 aromatic heterocycles. The number of hydrogen-bond acceptors (Lipinski definition) is 7. The van der Waals surface area contributed by atoms with Crippen molar-refractivity contribution in [3.8, 4) is 23.1 Å². The van der Waals surface area contributed by atoms with Gasteiger partial charge in [-0.25, -0.2) is 14.9 Å². The molecule has 1 saturated heterocycles. The number of H-pyrrole nitrogens is 1. The molecule has 0 amide bonds. The van der Waals surface area contributed by atoms with Crippen LogP contribution in [0.2, 0.25) is 0 Å². The molecule has 0 aliphatic carbocycles. The number of ether oxygens (including phenoxy) is 2. The maximum Gasteiger partial charge on any atom is 0.434 e. The van der Waals surface area contributed by atoms with Crippen molar-refractivity contribution in [2.24, 2.45) is 0 Å². The largest absolute Gasteiger partial charge is 0.484 e. The second kappa shape index (κ2) is 7.12. The van der Waals surface area contributed by atoms with Crippen molar-refractivity contribution in [1.82, 2.24) is 20.1 Å². The summed E-state index contributed by atoms with van der Waals surface area (Å²) >= 11 is 0. The van der Waals surface area contributed by atoms with Crippen molar-refractivity contribution < 1.29 is 13.9 Å².